The maximum absolute atomic E-state index is 4.45. The minimum Gasteiger partial charge on any atom is -0.288 e. The van der Waals surface area contributed by atoms with Gasteiger partial charge >= 0.3 is 0 Å². The number of nitrogens with zero attached hydrogens (tertiary/aromatic N) is 1. The van der Waals surface area contributed by atoms with E-state index in [0.717, 1.165) is 14.5 Å². The monoisotopic (exact) mass is 351 g/mol. The lowest BCUT2D eigenvalue weighted by molar-refractivity contribution is 1.07. The van der Waals surface area contributed by atoms with Crippen LogP contribution in [-0.4, -0.2) is 6.21 Å². The van der Waals surface area contributed by atoms with Gasteiger partial charge in [-0.15, -0.1) is 0 Å². The van der Waals surface area contributed by atoms with Crippen LogP contribution in [0.2, 0.25) is 0 Å². The van der Waals surface area contributed by atoms with E-state index in [0.29, 0.717) is 6.54 Å². The Morgan fingerprint density at radius 1 is 0.882 bits per heavy atom. The SMILES string of the molecule is Brc1ccccc1C=NCc1ccccc1Br. The van der Waals surface area contributed by atoms with E-state index in [1.165, 1.54) is 5.56 Å². The van der Waals surface area contributed by atoms with Crippen molar-refractivity contribution in [3.63, 3.8) is 0 Å². The Labute approximate surface area is 118 Å². The summed E-state index contributed by atoms with van der Waals surface area (Å²) in [5, 5.41) is 0. The van der Waals surface area contributed by atoms with Gasteiger partial charge < -0.3 is 0 Å². The fourth-order valence-electron chi connectivity index (χ4n) is 1.45. The van der Waals surface area contributed by atoms with Crippen LogP contribution in [0.1, 0.15) is 11.1 Å². The molecule has 0 N–H and O–H groups in total. The highest BCUT2D eigenvalue weighted by Gasteiger charge is 1.96. The smallest absolute Gasteiger partial charge is 0.0650 e. The molecule has 0 aliphatic rings. The van der Waals surface area contributed by atoms with E-state index in [-0.39, 0.29) is 0 Å². The first kappa shape index (κ1) is 12.5. The minimum absolute atomic E-state index is 0.683. The normalized spacial score (nSPS) is 10.9. The number of hydrogen-bond acceptors (Lipinski definition) is 1. The van der Waals surface area contributed by atoms with Crippen LogP contribution in [0, 0.1) is 0 Å². The lowest BCUT2D eigenvalue weighted by Gasteiger charge is -2.00. The van der Waals surface area contributed by atoms with Crippen LogP contribution in [-0.2, 0) is 6.54 Å². The first-order valence-corrected chi connectivity index (χ1v) is 6.84. The van der Waals surface area contributed by atoms with Crippen LogP contribution in [0.25, 0.3) is 0 Å². The summed E-state index contributed by atoms with van der Waals surface area (Å²) in [6.07, 6.45) is 1.89. The quantitative estimate of drug-likeness (QED) is 0.701. The summed E-state index contributed by atoms with van der Waals surface area (Å²) in [5.74, 6) is 0. The average Bonchev–Trinajstić information content (AvgIpc) is 2.34. The number of hydrogen-bond donors (Lipinski definition) is 0. The summed E-state index contributed by atoms with van der Waals surface area (Å²) in [7, 11) is 0. The molecule has 17 heavy (non-hydrogen) atoms. The van der Waals surface area contributed by atoms with Crippen LogP contribution < -0.4 is 0 Å². The summed E-state index contributed by atoms with van der Waals surface area (Å²) >= 11 is 7.01. The predicted octanol–water partition coefficient (Wildman–Crippen LogP) is 4.83. The second-order valence-electron chi connectivity index (χ2n) is 3.58. The van der Waals surface area contributed by atoms with Crippen molar-refractivity contribution >= 4 is 38.1 Å². The van der Waals surface area contributed by atoms with Gasteiger partial charge in [0.25, 0.3) is 0 Å². The average molecular weight is 353 g/mol. The molecule has 0 heterocycles. The van der Waals surface area contributed by atoms with Gasteiger partial charge in [-0.1, -0.05) is 68.3 Å². The number of rotatable bonds is 3. The lowest BCUT2D eigenvalue weighted by atomic mass is 10.2. The molecule has 3 heteroatoms. The van der Waals surface area contributed by atoms with Gasteiger partial charge in [0.05, 0.1) is 6.54 Å². The Hall–Kier alpha value is -0.930. The van der Waals surface area contributed by atoms with Crippen LogP contribution in [0.15, 0.2) is 62.5 Å². The van der Waals surface area contributed by atoms with E-state index < -0.39 is 0 Å². The highest BCUT2D eigenvalue weighted by molar-refractivity contribution is 9.10. The fourth-order valence-corrected chi connectivity index (χ4v) is 2.25. The van der Waals surface area contributed by atoms with Crippen LogP contribution in [0.4, 0.5) is 0 Å². The third-order valence-electron chi connectivity index (χ3n) is 2.36. The van der Waals surface area contributed by atoms with Gasteiger partial charge in [-0.2, -0.15) is 0 Å². The van der Waals surface area contributed by atoms with Crippen molar-refractivity contribution in [1.82, 2.24) is 0 Å². The second-order valence-corrected chi connectivity index (χ2v) is 5.29. The number of halogens is 2. The van der Waals surface area contributed by atoms with Gasteiger partial charge in [-0.05, 0) is 17.7 Å². The zero-order valence-corrected chi connectivity index (χ0v) is 12.3. The van der Waals surface area contributed by atoms with Gasteiger partial charge in [0, 0.05) is 20.7 Å². The molecule has 0 aliphatic carbocycles. The van der Waals surface area contributed by atoms with Crippen molar-refractivity contribution in [2.75, 3.05) is 0 Å². The Morgan fingerprint density at radius 2 is 1.53 bits per heavy atom. The minimum atomic E-state index is 0.683. The lowest BCUT2D eigenvalue weighted by Crippen LogP contribution is -1.86. The Morgan fingerprint density at radius 3 is 2.24 bits per heavy atom. The molecule has 0 radical (unpaired) electrons. The van der Waals surface area contributed by atoms with Gasteiger partial charge in [-0.25, -0.2) is 0 Å². The van der Waals surface area contributed by atoms with Crippen LogP contribution in [0.5, 0.6) is 0 Å². The third kappa shape index (κ3) is 3.51. The van der Waals surface area contributed by atoms with Crippen molar-refractivity contribution in [2.45, 2.75) is 6.54 Å². The van der Waals surface area contributed by atoms with E-state index in [9.17, 15) is 0 Å². The molecule has 0 unspecified atom stereocenters. The van der Waals surface area contributed by atoms with E-state index in [2.05, 4.69) is 42.9 Å². The Kier molecular flexibility index (Phi) is 4.51. The zero-order valence-electron chi connectivity index (χ0n) is 9.11. The number of aliphatic imine (C=N–C) groups is 1. The molecule has 0 spiro atoms. The second kappa shape index (κ2) is 6.12. The first-order chi connectivity index (χ1) is 8.27. The van der Waals surface area contributed by atoms with Gasteiger partial charge in [0.1, 0.15) is 0 Å². The highest BCUT2D eigenvalue weighted by atomic mass is 79.9. The standard InChI is InChI=1S/C14H11Br2N/c15-13-7-3-1-5-11(13)9-17-10-12-6-2-4-8-14(12)16/h1-9H,10H2. The molecule has 2 aromatic rings. The largest absolute Gasteiger partial charge is 0.288 e. The molecule has 2 rings (SSSR count). The van der Waals surface area contributed by atoms with Crippen molar-refractivity contribution in [1.29, 1.82) is 0 Å². The van der Waals surface area contributed by atoms with Crippen molar-refractivity contribution in [3.8, 4) is 0 Å². The summed E-state index contributed by atoms with van der Waals surface area (Å²) in [6.45, 7) is 0.683. The zero-order chi connectivity index (χ0) is 12.1. The summed E-state index contributed by atoms with van der Waals surface area (Å²) in [5.41, 5.74) is 2.29. The van der Waals surface area contributed by atoms with Crippen molar-refractivity contribution < 1.29 is 0 Å². The summed E-state index contributed by atoms with van der Waals surface area (Å²) in [4.78, 5) is 4.45. The molecule has 0 bridgehead atoms. The fraction of sp³-hybridized carbons (Fsp3) is 0.0714. The molecule has 0 amide bonds. The Balaban J connectivity index is 2.09. The molecular weight excluding hydrogens is 342 g/mol. The first-order valence-electron chi connectivity index (χ1n) is 5.25. The Bertz CT molecular complexity index is 535. The van der Waals surface area contributed by atoms with Gasteiger partial charge in [-0.3, -0.25) is 4.99 Å². The van der Waals surface area contributed by atoms with E-state index in [1.807, 2.05) is 48.7 Å². The molecule has 0 aliphatic heterocycles. The molecule has 0 saturated carbocycles. The van der Waals surface area contributed by atoms with Crippen molar-refractivity contribution in [3.05, 3.63) is 68.6 Å². The molecule has 1 nitrogen and oxygen atoms in total. The molecular formula is C14H11Br2N. The molecule has 0 fully saturated rings. The predicted molar refractivity (Wildman–Crippen MR) is 79.6 cm³/mol. The van der Waals surface area contributed by atoms with Crippen LogP contribution in [0.3, 0.4) is 0 Å². The summed E-state index contributed by atoms with van der Waals surface area (Å²) in [6, 6.07) is 16.2. The van der Waals surface area contributed by atoms with Gasteiger partial charge in [0.2, 0.25) is 0 Å². The third-order valence-corrected chi connectivity index (χ3v) is 3.85. The van der Waals surface area contributed by atoms with E-state index in [1.54, 1.807) is 0 Å². The van der Waals surface area contributed by atoms with Gasteiger partial charge in [0.15, 0.2) is 0 Å². The highest BCUT2D eigenvalue weighted by Crippen LogP contribution is 2.17. The molecule has 86 valence electrons. The molecule has 0 saturated heterocycles. The number of benzene rings is 2. The van der Waals surface area contributed by atoms with Crippen molar-refractivity contribution in [2.24, 2.45) is 4.99 Å². The van der Waals surface area contributed by atoms with E-state index >= 15 is 0 Å². The topological polar surface area (TPSA) is 12.4 Å². The van der Waals surface area contributed by atoms with Crippen LogP contribution >= 0.6 is 31.9 Å². The molecule has 2 aromatic carbocycles. The maximum Gasteiger partial charge on any atom is 0.0650 e. The summed E-state index contributed by atoms with van der Waals surface area (Å²) < 4.78 is 2.17. The molecule has 0 aromatic heterocycles. The maximum atomic E-state index is 4.45. The van der Waals surface area contributed by atoms with E-state index in [4.69, 9.17) is 0 Å². The molecule has 0 atom stereocenters.